The van der Waals surface area contributed by atoms with E-state index in [1.807, 2.05) is 0 Å². The molecule has 0 spiro atoms. The Morgan fingerprint density at radius 2 is 2.27 bits per heavy atom. The molecule has 1 saturated heterocycles. The van der Waals surface area contributed by atoms with Crippen LogP contribution in [-0.2, 0) is 4.74 Å². The van der Waals surface area contributed by atoms with Gasteiger partial charge in [0.1, 0.15) is 0 Å². The minimum absolute atomic E-state index is 0.396. The van der Waals surface area contributed by atoms with Crippen LogP contribution in [0, 0.1) is 0 Å². The average molecular weight is 212 g/mol. The topological polar surface area (TPSA) is 24.5 Å². The summed E-state index contributed by atoms with van der Waals surface area (Å²) < 4.78 is 5.75. The molecule has 1 heterocycles. The molecule has 0 aromatic heterocycles. The Labute approximate surface area is 93.2 Å². The fourth-order valence-corrected chi connectivity index (χ4v) is 2.58. The van der Waals surface area contributed by atoms with Gasteiger partial charge in [-0.2, -0.15) is 0 Å². The maximum atomic E-state index is 5.75. The van der Waals surface area contributed by atoms with Gasteiger partial charge in [-0.1, -0.05) is 6.92 Å². The molecule has 1 unspecified atom stereocenters. The van der Waals surface area contributed by atoms with E-state index in [1.54, 1.807) is 0 Å². The summed E-state index contributed by atoms with van der Waals surface area (Å²) in [5.74, 6) is 0. The normalized spacial score (nSPS) is 31.2. The van der Waals surface area contributed by atoms with Gasteiger partial charge in [0.2, 0.25) is 0 Å². The third-order valence-corrected chi connectivity index (χ3v) is 4.03. The molecule has 1 aliphatic carbocycles. The van der Waals surface area contributed by atoms with Gasteiger partial charge < -0.3 is 15.0 Å². The van der Waals surface area contributed by atoms with E-state index in [0.717, 1.165) is 26.2 Å². The maximum Gasteiger partial charge on any atom is 0.0826 e. The van der Waals surface area contributed by atoms with Crippen molar-refractivity contribution in [2.24, 2.45) is 0 Å². The lowest BCUT2D eigenvalue weighted by Gasteiger charge is -2.43. The highest BCUT2D eigenvalue weighted by molar-refractivity contribution is 4.95. The molecule has 0 aromatic carbocycles. The van der Waals surface area contributed by atoms with Crippen molar-refractivity contribution >= 4 is 0 Å². The molecule has 15 heavy (non-hydrogen) atoms. The first-order valence-corrected chi connectivity index (χ1v) is 6.29. The minimum Gasteiger partial charge on any atom is -0.374 e. The smallest absolute Gasteiger partial charge is 0.0826 e. The zero-order chi connectivity index (χ0) is 10.7. The second-order valence-corrected chi connectivity index (χ2v) is 5.12. The Morgan fingerprint density at radius 1 is 1.47 bits per heavy atom. The van der Waals surface area contributed by atoms with Crippen LogP contribution in [0.1, 0.15) is 32.6 Å². The molecule has 1 saturated carbocycles. The van der Waals surface area contributed by atoms with Crippen molar-refractivity contribution in [3.8, 4) is 0 Å². The van der Waals surface area contributed by atoms with Crippen molar-refractivity contribution in [2.75, 3.05) is 33.3 Å². The molecular formula is C12H24N2O. The zero-order valence-corrected chi connectivity index (χ0v) is 10.1. The first-order chi connectivity index (χ1) is 7.24. The summed E-state index contributed by atoms with van der Waals surface area (Å²) in [6, 6.07) is 0. The Hall–Kier alpha value is -0.120. The fraction of sp³-hybridized carbons (Fsp3) is 1.00. The van der Waals surface area contributed by atoms with Crippen LogP contribution in [0.3, 0.4) is 0 Å². The van der Waals surface area contributed by atoms with E-state index in [0.29, 0.717) is 11.6 Å². The molecular weight excluding hydrogens is 188 g/mol. The first kappa shape index (κ1) is 11.4. The molecule has 88 valence electrons. The molecule has 2 fully saturated rings. The molecule has 1 aliphatic heterocycles. The standard InChI is InChI=1S/C12H24N2O/c1-3-12(5-4-6-12)13-9-11-10-14(2)7-8-15-11/h11,13H,3-10H2,1-2H3. The van der Waals surface area contributed by atoms with Gasteiger partial charge in [0.15, 0.2) is 0 Å². The summed E-state index contributed by atoms with van der Waals surface area (Å²) in [6.45, 7) is 6.36. The average Bonchev–Trinajstić information content (AvgIpc) is 2.17. The lowest BCUT2D eigenvalue weighted by molar-refractivity contribution is -0.0249. The van der Waals surface area contributed by atoms with Crippen LogP contribution in [0.15, 0.2) is 0 Å². The Morgan fingerprint density at radius 3 is 2.80 bits per heavy atom. The van der Waals surface area contributed by atoms with Crippen LogP contribution in [0.4, 0.5) is 0 Å². The summed E-state index contributed by atoms with van der Waals surface area (Å²) in [5, 5.41) is 3.72. The first-order valence-electron chi connectivity index (χ1n) is 6.29. The molecule has 3 nitrogen and oxygen atoms in total. The van der Waals surface area contributed by atoms with Gasteiger partial charge >= 0.3 is 0 Å². The molecule has 0 aromatic rings. The van der Waals surface area contributed by atoms with Gasteiger partial charge in [-0.3, -0.25) is 0 Å². The Balaban J connectivity index is 1.72. The maximum absolute atomic E-state index is 5.75. The molecule has 0 bridgehead atoms. The molecule has 2 aliphatic rings. The van der Waals surface area contributed by atoms with Gasteiger partial charge in [-0.25, -0.2) is 0 Å². The van der Waals surface area contributed by atoms with E-state index < -0.39 is 0 Å². The van der Waals surface area contributed by atoms with Crippen LogP contribution in [0.2, 0.25) is 0 Å². The van der Waals surface area contributed by atoms with E-state index in [2.05, 4.69) is 24.2 Å². The van der Waals surface area contributed by atoms with Crippen molar-refractivity contribution in [3.05, 3.63) is 0 Å². The summed E-state index contributed by atoms with van der Waals surface area (Å²) in [6.07, 6.45) is 5.76. The molecule has 0 radical (unpaired) electrons. The lowest BCUT2D eigenvalue weighted by atomic mass is 9.75. The van der Waals surface area contributed by atoms with Crippen molar-refractivity contribution in [1.29, 1.82) is 0 Å². The molecule has 3 heteroatoms. The van der Waals surface area contributed by atoms with Gasteiger partial charge in [0, 0.05) is 25.2 Å². The highest BCUT2D eigenvalue weighted by Crippen LogP contribution is 2.34. The van der Waals surface area contributed by atoms with Crippen LogP contribution in [-0.4, -0.2) is 49.8 Å². The predicted octanol–water partition coefficient (Wildman–Crippen LogP) is 1.24. The summed E-state index contributed by atoms with van der Waals surface area (Å²) >= 11 is 0. The number of ether oxygens (including phenoxy) is 1. The Bertz CT molecular complexity index is 198. The summed E-state index contributed by atoms with van der Waals surface area (Å²) in [5.41, 5.74) is 0.458. The van der Waals surface area contributed by atoms with E-state index >= 15 is 0 Å². The van der Waals surface area contributed by atoms with E-state index in [9.17, 15) is 0 Å². The molecule has 1 atom stereocenters. The second-order valence-electron chi connectivity index (χ2n) is 5.12. The van der Waals surface area contributed by atoms with Crippen molar-refractivity contribution in [3.63, 3.8) is 0 Å². The number of nitrogens with zero attached hydrogens (tertiary/aromatic N) is 1. The third kappa shape index (κ3) is 2.71. The van der Waals surface area contributed by atoms with E-state index in [-0.39, 0.29) is 0 Å². The van der Waals surface area contributed by atoms with Crippen molar-refractivity contribution < 1.29 is 4.74 Å². The van der Waals surface area contributed by atoms with E-state index in [4.69, 9.17) is 4.74 Å². The monoisotopic (exact) mass is 212 g/mol. The van der Waals surface area contributed by atoms with Crippen LogP contribution >= 0.6 is 0 Å². The Kier molecular flexibility index (Phi) is 3.65. The number of likely N-dealkylation sites (N-methyl/N-ethyl adjacent to an activating group) is 1. The third-order valence-electron chi connectivity index (χ3n) is 4.03. The van der Waals surface area contributed by atoms with Crippen LogP contribution < -0.4 is 5.32 Å². The summed E-state index contributed by atoms with van der Waals surface area (Å²) in [7, 11) is 2.18. The van der Waals surface area contributed by atoms with Gasteiger partial charge in [0.05, 0.1) is 12.7 Å². The van der Waals surface area contributed by atoms with Crippen LogP contribution in [0.5, 0.6) is 0 Å². The minimum atomic E-state index is 0.396. The van der Waals surface area contributed by atoms with Gasteiger partial charge in [-0.05, 0) is 32.7 Å². The molecule has 0 amide bonds. The highest BCUT2D eigenvalue weighted by Gasteiger charge is 2.35. The zero-order valence-electron chi connectivity index (χ0n) is 10.1. The fourth-order valence-electron chi connectivity index (χ4n) is 2.58. The molecule has 2 rings (SSSR count). The van der Waals surface area contributed by atoms with Crippen molar-refractivity contribution in [2.45, 2.75) is 44.2 Å². The number of morpholine rings is 1. The van der Waals surface area contributed by atoms with Gasteiger partial charge in [0.25, 0.3) is 0 Å². The summed E-state index contributed by atoms with van der Waals surface area (Å²) in [4.78, 5) is 2.36. The quantitative estimate of drug-likeness (QED) is 0.759. The van der Waals surface area contributed by atoms with Crippen LogP contribution in [0.25, 0.3) is 0 Å². The SMILES string of the molecule is CCC1(NCC2CN(C)CCO2)CCC1. The van der Waals surface area contributed by atoms with E-state index in [1.165, 1.54) is 25.7 Å². The van der Waals surface area contributed by atoms with Crippen molar-refractivity contribution in [1.82, 2.24) is 10.2 Å². The number of hydrogen-bond donors (Lipinski definition) is 1. The van der Waals surface area contributed by atoms with Gasteiger partial charge in [-0.15, -0.1) is 0 Å². The molecule has 1 N–H and O–H groups in total. The second kappa shape index (κ2) is 4.81. The largest absolute Gasteiger partial charge is 0.374 e. The predicted molar refractivity (Wildman–Crippen MR) is 62.1 cm³/mol. The number of rotatable bonds is 4. The number of nitrogens with one attached hydrogen (secondary N) is 1. The lowest BCUT2D eigenvalue weighted by Crippen LogP contribution is -2.55. The number of hydrogen-bond acceptors (Lipinski definition) is 3. The highest BCUT2D eigenvalue weighted by atomic mass is 16.5.